The van der Waals surface area contributed by atoms with E-state index in [4.69, 9.17) is 21.1 Å². The van der Waals surface area contributed by atoms with Crippen molar-refractivity contribution in [3.05, 3.63) is 71.0 Å². The maximum Gasteiger partial charge on any atom is 0.255 e. The van der Waals surface area contributed by atoms with E-state index >= 15 is 0 Å². The van der Waals surface area contributed by atoms with Crippen molar-refractivity contribution in [1.82, 2.24) is 9.78 Å². The van der Waals surface area contributed by atoms with Gasteiger partial charge < -0.3 is 14.8 Å². The Kier molecular flexibility index (Phi) is 6.55. The van der Waals surface area contributed by atoms with Gasteiger partial charge in [-0.05, 0) is 36.2 Å². The second kappa shape index (κ2) is 9.28. The van der Waals surface area contributed by atoms with Crippen LogP contribution in [-0.4, -0.2) is 29.4 Å². The molecule has 146 valence electrons. The fraction of sp³-hybridized carbons (Fsp3) is 0.238. The summed E-state index contributed by atoms with van der Waals surface area (Å²) >= 11 is 6.33. The van der Waals surface area contributed by atoms with Crippen LogP contribution in [0.15, 0.2) is 54.9 Å². The number of para-hydroxylation sites is 1. The fourth-order valence-corrected chi connectivity index (χ4v) is 3.00. The lowest BCUT2D eigenvalue weighted by Crippen LogP contribution is -2.15. The van der Waals surface area contributed by atoms with Gasteiger partial charge in [0.2, 0.25) is 0 Å². The minimum atomic E-state index is -0.282. The van der Waals surface area contributed by atoms with E-state index in [9.17, 15) is 4.79 Å². The van der Waals surface area contributed by atoms with Gasteiger partial charge in [0.25, 0.3) is 5.91 Å². The van der Waals surface area contributed by atoms with E-state index in [1.54, 1.807) is 23.0 Å². The Morgan fingerprint density at radius 2 is 2.07 bits per heavy atom. The summed E-state index contributed by atoms with van der Waals surface area (Å²) in [5.74, 6) is 0.590. The molecule has 1 aromatic heterocycles. The van der Waals surface area contributed by atoms with Crippen molar-refractivity contribution >= 4 is 23.2 Å². The third-order valence-corrected chi connectivity index (χ3v) is 4.38. The number of nitrogens with one attached hydrogen (secondary N) is 1. The van der Waals surface area contributed by atoms with Crippen LogP contribution in [0, 0.1) is 0 Å². The Labute approximate surface area is 169 Å². The van der Waals surface area contributed by atoms with E-state index < -0.39 is 0 Å². The summed E-state index contributed by atoms with van der Waals surface area (Å²) in [6.45, 7) is 3.07. The molecule has 3 aromatic rings. The molecule has 0 fully saturated rings. The highest BCUT2D eigenvalue weighted by Crippen LogP contribution is 2.36. The number of amides is 1. The third-order valence-electron chi connectivity index (χ3n) is 4.10. The molecule has 0 radical (unpaired) electrons. The van der Waals surface area contributed by atoms with Crippen molar-refractivity contribution in [1.29, 1.82) is 0 Å². The molecule has 3 rings (SSSR count). The fourth-order valence-electron chi connectivity index (χ4n) is 2.74. The van der Waals surface area contributed by atoms with Crippen molar-refractivity contribution in [3.63, 3.8) is 0 Å². The minimum absolute atomic E-state index is 0.282. The van der Waals surface area contributed by atoms with Gasteiger partial charge >= 0.3 is 0 Å². The second-order valence-corrected chi connectivity index (χ2v) is 6.56. The predicted octanol–water partition coefficient (Wildman–Crippen LogP) is 4.63. The zero-order chi connectivity index (χ0) is 19.9. The SMILES string of the molecule is CCCOc1c(Cl)cc(C(=O)Nc2ccccc2Cn2cccn2)cc1OC. The molecule has 0 bridgehead atoms. The number of carbonyl (C=O) groups excluding carboxylic acids is 1. The van der Waals surface area contributed by atoms with Gasteiger partial charge in [-0.3, -0.25) is 9.48 Å². The topological polar surface area (TPSA) is 65.4 Å². The quantitative estimate of drug-likeness (QED) is 0.599. The van der Waals surface area contributed by atoms with E-state index in [0.29, 0.717) is 40.9 Å². The number of rotatable bonds is 8. The van der Waals surface area contributed by atoms with Crippen molar-refractivity contribution in [2.45, 2.75) is 19.9 Å². The molecule has 0 atom stereocenters. The van der Waals surface area contributed by atoms with E-state index in [1.165, 1.54) is 7.11 Å². The Bertz CT molecular complexity index is 942. The molecule has 0 saturated heterocycles. The van der Waals surface area contributed by atoms with Gasteiger partial charge in [0.05, 0.1) is 25.3 Å². The number of benzene rings is 2. The number of nitrogens with zero attached hydrogens (tertiary/aromatic N) is 2. The van der Waals surface area contributed by atoms with Crippen molar-refractivity contribution in [2.24, 2.45) is 0 Å². The molecule has 28 heavy (non-hydrogen) atoms. The highest BCUT2D eigenvalue weighted by Gasteiger charge is 2.17. The first-order chi connectivity index (χ1) is 13.6. The van der Waals surface area contributed by atoms with Crippen molar-refractivity contribution in [2.75, 3.05) is 19.0 Å². The molecule has 6 nitrogen and oxygen atoms in total. The van der Waals surface area contributed by atoms with Crippen LogP contribution in [-0.2, 0) is 6.54 Å². The monoisotopic (exact) mass is 399 g/mol. The highest BCUT2D eigenvalue weighted by atomic mass is 35.5. The number of ether oxygens (including phenoxy) is 2. The second-order valence-electron chi connectivity index (χ2n) is 6.15. The Hall–Kier alpha value is -2.99. The molecule has 0 aliphatic heterocycles. The minimum Gasteiger partial charge on any atom is -0.493 e. The van der Waals surface area contributed by atoms with Gasteiger partial charge in [-0.1, -0.05) is 36.7 Å². The van der Waals surface area contributed by atoms with E-state index in [-0.39, 0.29) is 5.91 Å². The summed E-state index contributed by atoms with van der Waals surface area (Å²) in [7, 11) is 1.52. The summed E-state index contributed by atoms with van der Waals surface area (Å²) < 4.78 is 12.8. The molecule has 0 unspecified atom stereocenters. The number of carbonyl (C=O) groups is 1. The van der Waals surface area contributed by atoms with Crippen molar-refractivity contribution < 1.29 is 14.3 Å². The van der Waals surface area contributed by atoms with Crippen LogP contribution in [0.2, 0.25) is 5.02 Å². The average Bonchev–Trinajstić information content (AvgIpc) is 3.21. The lowest BCUT2D eigenvalue weighted by molar-refractivity contribution is 0.102. The first-order valence-electron chi connectivity index (χ1n) is 8.99. The Balaban J connectivity index is 1.83. The van der Waals surface area contributed by atoms with Crippen LogP contribution in [0.25, 0.3) is 0 Å². The molecule has 7 heteroatoms. The molecule has 0 aliphatic rings. The normalized spacial score (nSPS) is 10.5. The number of hydrogen-bond donors (Lipinski definition) is 1. The van der Waals surface area contributed by atoms with Crippen LogP contribution >= 0.6 is 11.6 Å². The lowest BCUT2D eigenvalue weighted by atomic mass is 10.1. The van der Waals surface area contributed by atoms with Crippen molar-refractivity contribution in [3.8, 4) is 11.5 Å². The van der Waals surface area contributed by atoms with E-state index in [2.05, 4.69) is 10.4 Å². The molecule has 0 spiro atoms. The maximum atomic E-state index is 12.8. The van der Waals surface area contributed by atoms with Gasteiger partial charge in [-0.15, -0.1) is 0 Å². The highest BCUT2D eigenvalue weighted by molar-refractivity contribution is 6.32. The van der Waals surface area contributed by atoms with E-state index in [0.717, 1.165) is 12.0 Å². The lowest BCUT2D eigenvalue weighted by Gasteiger charge is -2.15. The standard InChI is InChI=1S/C21H22ClN3O3/c1-3-11-28-20-17(22)12-16(13-19(20)27-2)21(26)24-18-8-5-4-7-15(18)14-25-10-6-9-23-25/h4-10,12-13H,3,11,14H2,1-2H3,(H,24,26). The molecule has 0 saturated carbocycles. The summed E-state index contributed by atoms with van der Waals surface area (Å²) in [5, 5.41) is 7.50. The van der Waals surface area contributed by atoms with Gasteiger partial charge in [0.15, 0.2) is 11.5 Å². The van der Waals surface area contributed by atoms with Crippen LogP contribution in [0.4, 0.5) is 5.69 Å². The van der Waals surface area contributed by atoms with E-state index in [1.807, 2.05) is 43.5 Å². The Morgan fingerprint density at radius 1 is 1.25 bits per heavy atom. The number of hydrogen-bond acceptors (Lipinski definition) is 4. The van der Waals surface area contributed by atoms with Crippen LogP contribution in [0.3, 0.4) is 0 Å². The summed E-state index contributed by atoms with van der Waals surface area (Å²) in [4.78, 5) is 12.8. The van der Waals surface area contributed by atoms with Crippen LogP contribution in [0.1, 0.15) is 29.3 Å². The number of halogens is 1. The first kappa shape index (κ1) is 19.8. The molecular weight excluding hydrogens is 378 g/mol. The molecule has 2 aromatic carbocycles. The van der Waals surface area contributed by atoms with Crippen LogP contribution in [0.5, 0.6) is 11.5 Å². The third kappa shape index (κ3) is 4.64. The molecule has 1 N–H and O–H groups in total. The first-order valence-corrected chi connectivity index (χ1v) is 9.37. The number of anilines is 1. The number of methoxy groups -OCH3 is 1. The average molecular weight is 400 g/mol. The molecular formula is C21H22ClN3O3. The summed E-state index contributed by atoms with van der Waals surface area (Å²) in [6, 6.07) is 12.7. The smallest absolute Gasteiger partial charge is 0.255 e. The van der Waals surface area contributed by atoms with Crippen LogP contribution < -0.4 is 14.8 Å². The van der Waals surface area contributed by atoms with Gasteiger partial charge in [0.1, 0.15) is 0 Å². The largest absolute Gasteiger partial charge is 0.493 e. The van der Waals surface area contributed by atoms with Gasteiger partial charge in [-0.2, -0.15) is 5.10 Å². The molecule has 1 amide bonds. The van der Waals surface area contributed by atoms with Gasteiger partial charge in [-0.25, -0.2) is 0 Å². The zero-order valence-corrected chi connectivity index (χ0v) is 16.6. The maximum absolute atomic E-state index is 12.8. The summed E-state index contributed by atoms with van der Waals surface area (Å²) in [6.07, 6.45) is 4.44. The molecule has 0 aliphatic carbocycles. The summed E-state index contributed by atoms with van der Waals surface area (Å²) in [5.41, 5.74) is 2.05. The Morgan fingerprint density at radius 3 is 2.79 bits per heavy atom. The predicted molar refractivity (Wildman–Crippen MR) is 110 cm³/mol. The molecule has 1 heterocycles. The van der Waals surface area contributed by atoms with Gasteiger partial charge in [0, 0.05) is 23.6 Å². The number of aromatic nitrogens is 2. The zero-order valence-electron chi connectivity index (χ0n) is 15.8.